The van der Waals surface area contributed by atoms with Crippen molar-refractivity contribution in [2.45, 2.75) is 20.3 Å². The average Bonchev–Trinajstić information content (AvgIpc) is 2.89. The number of nitrogen functional groups attached to an aromatic ring is 1. The quantitative estimate of drug-likeness (QED) is 0.762. The number of carbonyl (C=O) groups excluding carboxylic acids is 1. The standard InChI is InChI=1S/C13H18N2O/c1-8-3-10(6-12(14)4-8)13(16)15-7-11-5-9(11)2/h3-4,6,9,11H,5,7,14H2,1-2H3,(H,15,16). The molecule has 0 aromatic heterocycles. The Labute approximate surface area is 96.0 Å². The number of rotatable bonds is 3. The Morgan fingerprint density at radius 3 is 2.75 bits per heavy atom. The van der Waals surface area contributed by atoms with Crippen molar-refractivity contribution in [2.24, 2.45) is 11.8 Å². The number of benzene rings is 1. The number of hydrogen-bond donors (Lipinski definition) is 2. The van der Waals surface area contributed by atoms with E-state index in [4.69, 9.17) is 5.73 Å². The molecule has 1 aliphatic carbocycles. The predicted octanol–water partition coefficient (Wildman–Crippen LogP) is 1.96. The van der Waals surface area contributed by atoms with Crippen LogP contribution in [-0.2, 0) is 0 Å². The highest BCUT2D eigenvalue weighted by molar-refractivity contribution is 5.95. The largest absolute Gasteiger partial charge is 0.399 e. The summed E-state index contributed by atoms with van der Waals surface area (Å²) >= 11 is 0. The third-order valence-electron chi connectivity index (χ3n) is 3.16. The molecule has 2 atom stereocenters. The fourth-order valence-electron chi connectivity index (χ4n) is 1.95. The van der Waals surface area contributed by atoms with E-state index in [0.717, 1.165) is 18.0 Å². The molecule has 2 rings (SSSR count). The van der Waals surface area contributed by atoms with Crippen molar-refractivity contribution in [3.8, 4) is 0 Å². The molecule has 0 radical (unpaired) electrons. The summed E-state index contributed by atoms with van der Waals surface area (Å²) in [5, 5.41) is 2.95. The highest BCUT2D eigenvalue weighted by Gasteiger charge is 2.32. The van der Waals surface area contributed by atoms with Crippen LogP contribution in [0.15, 0.2) is 18.2 Å². The van der Waals surface area contributed by atoms with Crippen LogP contribution in [-0.4, -0.2) is 12.5 Å². The third kappa shape index (κ3) is 2.54. The number of carbonyl (C=O) groups is 1. The van der Waals surface area contributed by atoms with E-state index in [1.807, 2.05) is 19.1 Å². The molecule has 3 N–H and O–H groups in total. The summed E-state index contributed by atoms with van der Waals surface area (Å²) in [4.78, 5) is 11.8. The molecule has 1 fully saturated rings. The van der Waals surface area contributed by atoms with Crippen molar-refractivity contribution >= 4 is 11.6 Å². The maximum Gasteiger partial charge on any atom is 0.251 e. The molecule has 1 aliphatic rings. The van der Waals surface area contributed by atoms with Gasteiger partial charge in [0.15, 0.2) is 0 Å². The summed E-state index contributed by atoms with van der Waals surface area (Å²) in [7, 11) is 0. The van der Waals surface area contributed by atoms with Gasteiger partial charge in [0.05, 0.1) is 0 Å². The van der Waals surface area contributed by atoms with Gasteiger partial charge in [0, 0.05) is 17.8 Å². The number of aryl methyl sites for hydroxylation is 1. The minimum absolute atomic E-state index is 0.0190. The molecule has 0 saturated heterocycles. The van der Waals surface area contributed by atoms with Gasteiger partial charge in [-0.2, -0.15) is 0 Å². The monoisotopic (exact) mass is 218 g/mol. The molecule has 3 nitrogen and oxygen atoms in total. The fourth-order valence-corrected chi connectivity index (χ4v) is 1.95. The third-order valence-corrected chi connectivity index (χ3v) is 3.16. The van der Waals surface area contributed by atoms with Gasteiger partial charge >= 0.3 is 0 Å². The summed E-state index contributed by atoms with van der Waals surface area (Å²) in [6.07, 6.45) is 1.23. The molecule has 0 bridgehead atoms. The van der Waals surface area contributed by atoms with E-state index in [-0.39, 0.29) is 5.91 Å². The van der Waals surface area contributed by atoms with Crippen LogP contribution < -0.4 is 11.1 Å². The fraction of sp³-hybridized carbons (Fsp3) is 0.462. The lowest BCUT2D eigenvalue weighted by atomic mass is 10.1. The molecule has 1 amide bonds. The van der Waals surface area contributed by atoms with Crippen LogP contribution >= 0.6 is 0 Å². The van der Waals surface area contributed by atoms with Gasteiger partial charge < -0.3 is 11.1 Å². The van der Waals surface area contributed by atoms with E-state index in [0.29, 0.717) is 17.2 Å². The topological polar surface area (TPSA) is 55.1 Å². The summed E-state index contributed by atoms with van der Waals surface area (Å²) in [5.74, 6) is 1.42. The molecule has 1 aromatic rings. The number of nitrogens with one attached hydrogen (secondary N) is 1. The van der Waals surface area contributed by atoms with Crippen LogP contribution in [0.5, 0.6) is 0 Å². The maximum atomic E-state index is 11.8. The van der Waals surface area contributed by atoms with Gasteiger partial charge in [-0.15, -0.1) is 0 Å². The molecule has 0 heterocycles. The Kier molecular flexibility index (Phi) is 2.86. The van der Waals surface area contributed by atoms with Crippen molar-refractivity contribution in [2.75, 3.05) is 12.3 Å². The van der Waals surface area contributed by atoms with E-state index in [1.165, 1.54) is 6.42 Å². The lowest BCUT2D eigenvalue weighted by molar-refractivity contribution is 0.0951. The number of hydrogen-bond acceptors (Lipinski definition) is 2. The van der Waals surface area contributed by atoms with Crippen molar-refractivity contribution in [3.63, 3.8) is 0 Å². The molecule has 3 heteroatoms. The Morgan fingerprint density at radius 2 is 2.19 bits per heavy atom. The molecule has 2 unspecified atom stereocenters. The average molecular weight is 218 g/mol. The van der Waals surface area contributed by atoms with Crippen LogP contribution in [0.1, 0.15) is 29.3 Å². The Balaban J connectivity index is 1.97. The summed E-state index contributed by atoms with van der Waals surface area (Å²) in [6, 6.07) is 5.44. The van der Waals surface area contributed by atoms with Crippen molar-refractivity contribution in [1.82, 2.24) is 5.32 Å². The first-order chi connectivity index (χ1) is 7.56. The zero-order chi connectivity index (χ0) is 11.7. The molecule has 0 aliphatic heterocycles. The number of nitrogens with two attached hydrogens (primary N) is 1. The Bertz CT molecular complexity index is 394. The minimum atomic E-state index is -0.0190. The molecular formula is C13H18N2O. The van der Waals surface area contributed by atoms with Gasteiger partial charge in [-0.3, -0.25) is 4.79 Å². The normalized spacial score (nSPS) is 22.9. The first-order valence-corrected chi connectivity index (χ1v) is 5.71. The Morgan fingerprint density at radius 1 is 1.50 bits per heavy atom. The summed E-state index contributed by atoms with van der Waals surface area (Å²) < 4.78 is 0. The first-order valence-electron chi connectivity index (χ1n) is 5.71. The van der Waals surface area contributed by atoms with Crippen LogP contribution in [0.25, 0.3) is 0 Å². The lowest BCUT2D eigenvalue weighted by Gasteiger charge is -2.06. The molecular weight excluding hydrogens is 200 g/mol. The van der Waals surface area contributed by atoms with E-state index in [2.05, 4.69) is 12.2 Å². The van der Waals surface area contributed by atoms with Crippen LogP contribution in [0, 0.1) is 18.8 Å². The van der Waals surface area contributed by atoms with E-state index in [9.17, 15) is 4.79 Å². The lowest BCUT2D eigenvalue weighted by Crippen LogP contribution is -2.26. The zero-order valence-electron chi connectivity index (χ0n) is 9.79. The van der Waals surface area contributed by atoms with Crippen molar-refractivity contribution in [3.05, 3.63) is 29.3 Å². The second-order valence-electron chi connectivity index (χ2n) is 4.82. The van der Waals surface area contributed by atoms with Gasteiger partial charge in [0.25, 0.3) is 5.91 Å². The van der Waals surface area contributed by atoms with Crippen LogP contribution in [0.3, 0.4) is 0 Å². The van der Waals surface area contributed by atoms with E-state index in [1.54, 1.807) is 6.07 Å². The minimum Gasteiger partial charge on any atom is -0.399 e. The SMILES string of the molecule is Cc1cc(N)cc(C(=O)NCC2CC2C)c1. The maximum absolute atomic E-state index is 11.8. The Hall–Kier alpha value is -1.51. The molecule has 16 heavy (non-hydrogen) atoms. The number of anilines is 1. The smallest absolute Gasteiger partial charge is 0.251 e. The highest BCUT2D eigenvalue weighted by atomic mass is 16.1. The van der Waals surface area contributed by atoms with Crippen molar-refractivity contribution in [1.29, 1.82) is 0 Å². The highest BCUT2D eigenvalue weighted by Crippen LogP contribution is 2.36. The van der Waals surface area contributed by atoms with Gasteiger partial charge in [0.2, 0.25) is 0 Å². The summed E-state index contributed by atoms with van der Waals surface area (Å²) in [5.41, 5.74) is 8.03. The van der Waals surface area contributed by atoms with Crippen LogP contribution in [0.4, 0.5) is 5.69 Å². The second-order valence-corrected chi connectivity index (χ2v) is 4.82. The molecule has 1 saturated carbocycles. The van der Waals surface area contributed by atoms with Gasteiger partial charge in [0.1, 0.15) is 0 Å². The molecule has 1 aromatic carbocycles. The van der Waals surface area contributed by atoms with Gasteiger partial charge in [-0.25, -0.2) is 0 Å². The molecule has 86 valence electrons. The molecule has 0 spiro atoms. The zero-order valence-corrected chi connectivity index (χ0v) is 9.79. The van der Waals surface area contributed by atoms with Crippen molar-refractivity contribution < 1.29 is 4.79 Å². The van der Waals surface area contributed by atoms with Gasteiger partial charge in [-0.1, -0.05) is 6.92 Å². The summed E-state index contributed by atoms with van der Waals surface area (Å²) in [6.45, 7) is 4.94. The second kappa shape index (κ2) is 4.16. The number of amides is 1. The van der Waals surface area contributed by atoms with Gasteiger partial charge in [-0.05, 0) is 48.9 Å². The van der Waals surface area contributed by atoms with Crippen LogP contribution in [0.2, 0.25) is 0 Å². The van der Waals surface area contributed by atoms with E-state index >= 15 is 0 Å². The first kappa shape index (κ1) is 11.0. The predicted molar refractivity (Wildman–Crippen MR) is 65.2 cm³/mol. The van der Waals surface area contributed by atoms with E-state index < -0.39 is 0 Å².